The lowest BCUT2D eigenvalue weighted by Gasteiger charge is -2.41. The van der Waals surface area contributed by atoms with Crippen LogP contribution in [0.1, 0.15) is 52.5 Å². The van der Waals surface area contributed by atoms with Gasteiger partial charge in [0.15, 0.2) is 0 Å². The summed E-state index contributed by atoms with van der Waals surface area (Å²) in [5.41, 5.74) is -1.65. The van der Waals surface area contributed by atoms with Crippen molar-refractivity contribution < 1.29 is 45.1 Å². The number of hydrogen-bond acceptors (Lipinski definition) is 3. The Morgan fingerprint density at radius 2 is 1.56 bits per heavy atom. The highest BCUT2D eigenvalue weighted by Gasteiger charge is 2.38. The molecule has 3 amide bonds. The lowest BCUT2D eigenvalue weighted by Crippen LogP contribution is -2.54. The van der Waals surface area contributed by atoms with Gasteiger partial charge < -0.3 is 19.9 Å². The summed E-state index contributed by atoms with van der Waals surface area (Å²) in [6.07, 6.45) is -11.3. The van der Waals surface area contributed by atoms with Gasteiger partial charge in [0.2, 0.25) is 0 Å². The Morgan fingerprint density at radius 1 is 0.930 bits per heavy atom. The van der Waals surface area contributed by atoms with E-state index < -0.39 is 65.7 Å². The molecule has 43 heavy (non-hydrogen) atoms. The zero-order valence-corrected chi connectivity index (χ0v) is 23.1. The molecule has 1 aliphatic heterocycles. The number of aryl methyl sites for hydroxylation is 1. The highest BCUT2D eigenvalue weighted by molar-refractivity contribution is 5.76. The van der Waals surface area contributed by atoms with Crippen LogP contribution in [0.15, 0.2) is 66.7 Å². The van der Waals surface area contributed by atoms with Gasteiger partial charge in [-0.05, 0) is 66.4 Å². The summed E-state index contributed by atoms with van der Waals surface area (Å²) < 4.78 is 99.2. The van der Waals surface area contributed by atoms with Crippen LogP contribution in [0.2, 0.25) is 0 Å². The minimum absolute atomic E-state index is 0.00954. The number of benzene rings is 3. The molecule has 230 valence electrons. The van der Waals surface area contributed by atoms with Gasteiger partial charge in [0.1, 0.15) is 11.9 Å². The first-order valence-electron chi connectivity index (χ1n) is 13.2. The third-order valence-corrected chi connectivity index (χ3v) is 7.13. The predicted octanol–water partition coefficient (Wildman–Crippen LogP) is 7.64. The van der Waals surface area contributed by atoms with E-state index in [1.165, 1.54) is 28.0 Å². The van der Waals surface area contributed by atoms with Crippen LogP contribution in [0, 0.1) is 12.7 Å². The molecule has 1 fully saturated rings. The molecular weight excluding hydrogens is 583 g/mol. The first-order chi connectivity index (χ1) is 20.1. The topological polar surface area (TPSA) is 61.9 Å². The van der Waals surface area contributed by atoms with Gasteiger partial charge in [0.25, 0.3) is 0 Å². The number of hydrogen-bond donors (Lipinski definition) is 1. The van der Waals surface area contributed by atoms with Crippen molar-refractivity contribution in [3.8, 4) is 0 Å². The van der Waals surface area contributed by atoms with Crippen LogP contribution < -0.4 is 5.32 Å². The quantitative estimate of drug-likeness (QED) is 0.302. The lowest BCUT2D eigenvalue weighted by molar-refractivity contribution is -0.143. The second kappa shape index (κ2) is 12.5. The number of ether oxygens (including phenoxy) is 1. The van der Waals surface area contributed by atoms with E-state index in [1.54, 1.807) is 38.1 Å². The summed E-state index contributed by atoms with van der Waals surface area (Å²) in [6.45, 7) is 2.63. The molecule has 3 aromatic carbocycles. The SMILES string of the molecule is Cc1cc(F)ccc1[C@H]1CN(C(=O)O[C@@H](C)c2ccccc2)CCN1C(=O)NCc1cc(C(F)(F)F)cc(C(F)(F)F)c1. The molecule has 1 heterocycles. The Labute approximate surface area is 243 Å². The minimum atomic E-state index is -5.03. The van der Waals surface area contributed by atoms with Crippen molar-refractivity contribution in [2.45, 2.75) is 44.9 Å². The number of rotatable bonds is 5. The monoisotopic (exact) mass is 611 g/mol. The number of nitrogens with one attached hydrogen (secondary N) is 1. The van der Waals surface area contributed by atoms with Crippen molar-refractivity contribution in [2.75, 3.05) is 19.6 Å². The van der Waals surface area contributed by atoms with Crippen molar-refractivity contribution in [1.29, 1.82) is 0 Å². The van der Waals surface area contributed by atoms with Crippen LogP contribution in [0.4, 0.5) is 40.3 Å². The number of halogens is 7. The molecule has 0 unspecified atom stereocenters. The van der Waals surface area contributed by atoms with Gasteiger partial charge >= 0.3 is 24.5 Å². The van der Waals surface area contributed by atoms with Gasteiger partial charge in [-0.2, -0.15) is 26.3 Å². The van der Waals surface area contributed by atoms with E-state index in [0.717, 1.165) is 5.56 Å². The highest BCUT2D eigenvalue weighted by atomic mass is 19.4. The molecule has 4 rings (SSSR count). The molecule has 1 aliphatic rings. The Balaban J connectivity index is 1.54. The van der Waals surface area contributed by atoms with E-state index in [2.05, 4.69) is 5.32 Å². The maximum absolute atomic E-state index is 13.9. The van der Waals surface area contributed by atoms with E-state index in [0.29, 0.717) is 23.3 Å². The third-order valence-electron chi connectivity index (χ3n) is 7.13. The first kappa shape index (κ1) is 31.6. The summed E-state index contributed by atoms with van der Waals surface area (Å²) in [5.74, 6) is -0.522. The predicted molar refractivity (Wildman–Crippen MR) is 142 cm³/mol. The van der Waals surface area contributed by atoms with Crippen LogP contribution in [0.3, 0.4) is 0 Å². The van der Waals surface area contributed by atoms with Crippen molar-refractivity contribution in [3.63, 3.8) is 0 Å². The van der Waals surface area contributed by atoms with E-state index in [1.807, 2.05) is 6.07 Å². The van der Waals surface area contributed by atoms with E-state index >= 15 is 0 Å². The van der Waals surface area contributed by atoms with Gasteiger partial charge in [-0.3, -0.25) is 0 Å². The van der Waals surface area contributed by atoms with Crippen molar-refractivity contribution in [1.82, 2.24) is 15.1 Å². The Morgan fingerprint density at radius 3 is 2.14 bits per heavy atom. The zero-order valence-electron chi connectivity index (χ0n) is 23.1. The van der Waals surface area contributed by atoms with Gasteiger partial charge in [-0.1, -0.05) is 36.4 Å². The molecule has 6 nitrogen and oxygen atoms in total. The first-order valence-corrected chi connectivity index (χ1v) is 13.2. The maximum atomic E-state index is 13.9. The molecule has 0 aliphatic carbocycles. The van der Waals surface area contributed by atoms with Gasteiger partial charge in [0, 0.05) is 26.2 Å². The minimum Gasteiger partial charge on any atom is -0.442 e. The number of nitrogens with zero attached hydrogens (tertiary/aromatic N) is 2. The highest BCUT2D eigenvalue weighted by Crippen LogP contribution is 2.36. The number of carbonyl (C=O) groups is 2. The Kier molecular flexibility index (Phi) is 9.21. The molecule has 2 atom stereocenters. The standard InChI is InChI=1S/C30H28F7N3O3/c1-18-12-24(31)8-9-25(18)26-17-39(28(42)43-19(2)21-6-4-3-5-7-21)10-11-40(26)27(41)38-16-20-13-22(29(32,33)34)15-23(14-20)30(35,36)37/h3-9,12-15,19,26H,10-11,16-17H2,1-2H3,(H,38,41)/t19-,26+/m0/s1. The van der Waals surface area contributed by atoms with Crippen LogP contribution in [0.25, 0.3) is 0 Å². The molecular formula is C30H28F7N3O3. The van der Waals surface area contributed by atoms with E-state index in [4.69, 9.17) is 4.74 Å². The average Bonchev–Trinajstić information content (AvgIpc) is 2.95. The molecule has 0 spiro atoms. The fourth-order valence-corrected chi connectivity index (χ4v) is 4.89. The van der Waals surface area contributed by atoms with E-state index in [9.17, 15) is 40.3 Å². The fourth-order valence-electron chi connectivity index (χ4n) is 4.89. The molecule has 3 aromatic rings. The van der Waals surface area contributed by atoms with Crippen LogP contribution in [-0.4, -0.2) is 41.6 Å². The summed E-state index contributed by atoms with van der Waals surface area (Å²) in [4.78, 5) is 29.0. The molecule has 1 saturated heterocycles. The second-order valence-electron chi connectivity index (χ2n) is 10.2. The fraction of sp³-hybridized carbons (Fsp3) is 0.333. The molecule has 0 bridgehead atoms. The van der Waals surface area contributed by atoms with Crippen molar-refractivity contribution in [3.05, 3.63) is 106 Å². The molecule has 0 saturated carbocycles. The third kappa shape index (κ3) is 7.76. The number of amides is 3. The lowest BCUT2D eigenvalue weighted by atomic mass is 9.97. The number of piperazine rings is 1. The number of alkyl halides is 6. The van der Waals surface area contributed by atoms with Crippen molar-refractivity contribution in [2.24, 2.45) is 0 Å². The normalized spacial score (nSPS) is 16.5. The molecule has 0 radical (unpaired) electrons. The zero-order chi connectivity index (χ0) is 31.5. The Hall–Kier alpha value is -4.29. The largest absolute Gasteiger partial charge is 0.442 e. The second-order valence-corrected chi connectivity index (χ2v) is 10.2. The average molecular weight is 612 g/mol. The smallest absolute Gasteiger partial charge is 0.416 e. The summed E-state index contributed by atoms with van der Waals surface area (Å²) in [5, 5.41) is 2.40. The van der Waals surface area contributed by atoms with Gasteiger partial charge in [-0.25, -0.2) is 14.0 Å². The summed E-state index contributed by atoms with van der Waals surface area (Å²) in [7, 11) is 0. The molecule has 1 N–H and O–H groups in total. The molecule has 0 aromatic heterocycles. The summed E-state index contributed by atoms with van der Waals surface area (Å²) in [6, 6.07) is 12.4. The van der Waals surface area contributed by atoms with Crippen molar-refractivity contribution >= 4 is 12.1 Å². The summed E-state index contributed by atoms with van der Waals surface area (Å²) >= 11 is 0. The van der Waals surface area contributed by atoms with Crippen LogP contribution >= 0.6 is 0 Å². The van der Waals surface area contributed by atoms with E-state index in [-0.39, 0.29) is 25.7 Å². The molecule has 13 heteroatoms. The van der Waals surface area contributed by atoms with Crippen LogP contribution in [-0.2, 0) is 23.6 Å². The van der Waals surface area contributed by atoms with Gasteiger partial charge in [0.05, 0.1) is 17.2 Å². The number of urea groups is 1. The number of carbonyl (C=O) groups excluding carboxylic acids is 2. The van der Waals surface area contributed by atoms with Gasteiger partial charge in [-0.15, -0.1) is 0 Å². The van der Waals surface area contributed by atoms with Crippen LogP contribution in [0.5, 0.6) is 0 Å². The Bertz CT molecular complexity index is 1430. The maximum Gasteiger partial charge on any atom is 0.416 e.